The average Bonchev–Trinajstić information content (AvgIpc) is 3.15. The van der Waals surface area contributed by atoms with Crippen LogP contribution in [0.25, 0.3) is 10.8 Å². The Morgan fingerprint density at radius 2 is 1.81 bits per heavy atom. The first-order valence-corrected chi connectivity index (χ1v) is 10.4. The molecule has 158 valence electrons. The van der Waals surface area contributed by atoms with E-state index in [1.165, 1.54) is 6.07 Å². The summed E-state index contributed by atoms with van der Waals surface area (Å²) in [6.45, 7) is -0.252. The van der Waals surface area contributed by atoms with Crippen LogP contribution in [0.15, 0.2) is 60.7 Å². The first-order chi connectivity index (χ1) is 14.9. The van der Waals surface area contributed by atoms with Crippen LogP contribution < -0.4 is 10.2 Å². The van der Waals surface area contributed by atoms with Crippen LogP contribution in [0.2, 0.25) is 10.0 Å². The number of rotatable bonds is 5. The van der Waals surface area contributed by atoms with Gasteiger partial charge in [-0.1, -0.05) is 59.6 Å². The summed E-state index contributed by atoms with van der Waals surface area (Å²) < 4.78 is 5.15. The standard InChI is InChI=1S/C23H18Cl2N2O4/c24-18-9-8-16(11-19(18)25)26-21(28)13-31-23(30)15-10-22(29)27(12-15)20-7-3-5-14-4-1-2-6-17(14)20/h1-9,11,15H,10,12-13H2,(H,26,28)/t15-/m1/s1. The van der Waals surface area contributed by atoms with Crippen molar-refractivity contribution in [2.45, 2.75) is 6.42 Å². The zero-order chi connectivity index (χ0) is 22.0. The molecule has 1 heterocycles. The molecule has 1 N–H and O–H groups in total. The van der Waals surface area contributed by atoms with Gasteiger partial charge in [0, 0.05) is 24.0 Å². The van der Waals surface area contributed by atoms with E-state index in [4.69, 9.17) is 27.9 Å². The zero-order valence-electron chi connectivity index (χ0n) is 16.3. The molecule has 0 bridgehead atoms. The van der Waals surface area contributed by atoms with Crippen molar-refractivity contribution in [3.05, 3.63) is 70.7 Å². The summed E-state index contributed by atoms with van der Waals surface area (Å²) in [7, 11) is 0. The van der Waals surface area contributed by atoms with Crippen LogP contribution in [-0.4, -0.2) is 30.9 Å². The second kappa shape index (κ2) is 8.96. The fourth-order valence-corrected chi connectivity index (χ4v) is 3.87. The van der Waals surface area contributed by atoms with Crippen molar-refractivity contribution in [2.75, 3.05) is 23.4 Å². The molecule has 2 amide bonds. The van der Waals surface area contributed by atoms with Crippen LogP contribution in [0.5, 0.6) is 0 Å². The second-order valence-electron chi connectivity index (χ2n) is 7.19. The number of carbonyl (C=O) groups is 3. The highest BCUT2D eigenvalue weighted by Gasteiger charge is 2.36. The van der Waals surface area contributed by atoms with Crippen molar-refractivity contribution in [2.24, 2.45) is 5.92 Å². The topological polar surface area (TPSA) is 75.7 Å². The third-order valence-electron chi connectivity index (χ3n) is 5.06. The molecule has 0 radical (unpaired) electrons. The lowest BCUT2D eigenvalue weighted by Gasteiger charge is -2.18. The minimum absolute atomic E-state index is 0.0382. The van der Waals surface area contributed by atoms with Gasteiger partial charge in [0.15, 0.2) is 6.61 Å². The van der Waals surface area contributed by atoms with Crippen LogP contribution in [0.3, 0.4) is 0 Å². The third-order valence-corrected chi connectivity index (χ3v) is 5.80. The van der Waals surface area contributed by atoms with E-state index in [-0.39, 0.29) is 18.9 Å². The number of hydrogen-bond acceptors (Lipinski definition) is 4. The third kappa shape index (κ3) is 4.65. The summed E-state index contributed by atoms with van der Waals surface area (Å²) in [6.07, 6.45) is 0.0382. The number of fused-ring (bicyclic) bond motifs is 1. The van der Waals surface area contributed by atoms with Crippen molar-refractivity contribution in [3.63, 3.8) is 0 Å². The Kier molecular flexibility index (Phi) is 6.11. The predicted molar refractivity (Wildman–Crippen MR) is 120 cm³/mol. The quantitative estimate of drug-likeness (QED) is 0.565. The summed E-state index contributed by atoms with van der Waals surface area (Å²) in [4.78, 5) is 38.7. The lowest BCUT2D eigenvalue weighted by atomic mass is 10.1. The van der Waals surface area contributed by atoms with Crippen LogP contribution in [0, 0.1) is 5.92 Å². The molecule has 0 saturated carbocycles. The number of esters is 1. The normalized spacial score (nSPS) is 15.9. The number of halogens is 2. The van der Waals surface area contributed by atoms with Crippen molar-refractivity contribution >= 4 is 63.1 Å². The van der Waals surface area contributed by atoms with Crippen molar-refractivity contribution in [3.8, 4) is 0 Å². The van der Waals surface area contributed by atoms with Crippen LogP contribution in [0.4, 0.5) is 11.4 Å². The number of nitrogens with one attached hydrogen (secondary N) is 1. The lowest BCUT2D eigenvalue weighted by Crippen LogP contribution is -2.28. The molecule has 1 aliphatic rings. The number of carbonyl (C=O) groups excluding carboxylic acids is 3. The molecule has 1 atom stereocenters. The van der Waals surface area contributed by atoms with E-state index >= 15 is 0 Å². The van der Waals surface area contributed by atoms with E-state index < -0.39 is 24.4 Å². The molecule has 1 saturated heterocycles. The van der Waals surface area contributed by atoms with Gasteiger partial charge in [0.05, 0.1) is 21.7 Å². The molecule has 1 fully saturated rings. The summed E-state index contributed by atoms with van der Waals surface area (Å²) in [6, 6.07) is 18.1. The van der Waals surface area contributed by atoms with Crippen molar-refractivity contribution < 1.29 is 19.1 Å². The number of nitrogens with zero attached hydrogens (tertiary/aromatic N) is 1. The molecule has 3 aromatic carbocycles. The van der Waals surface area contributed by atoms with E-state index in [0.29, 0.717) is 15.7 Å². The molecule has 3 aromatic rings. The molecule has 0 spiro atoms. The fraction of sp³-hybridized carbons (Fsp3) is 0.174. The molecular formula is C23H18Cl2N2O4. The minimum atomic E-state index is -0.635. The first kappa shape index (κ1) is 21.2. The Morgan fingerprint density at radius 1 is 1.03 bits per heavy atom. The van der Waals surface area contributed by atoms with Crippen LogP contribution in [-0.2, 0) is 19.1 Å². The van der Waals surface area contributed by atoms with Gasteiger partial charge in [0.25, 0.3) is 5.91 Å². The first-order valence-electron chi connectivity index (χ1n) is 9.62. The molecule has 4 rings (SSSR count). The number of hydrogen-bond donors (Lipinski definition) is 1. The predicted octanol–water partition coefficient (Wildman–Crippen LogP) is 4.68. The Labute approximate surface area is 188 Å². The Morgan fingerprint density at radius 3 is 2.61 bits per heavy atom. The molecule has 1 aliphatic heterocycles. The lowest BCUT2D eigenvalue weighted by molar-refractivity contribution is -0.151. The van der Waals surface area contributed by atoms with Gasteiger partial charge in [-0.3, -0.25) is 14.4 Å². The van der Waals surface area contributed by atoms with Crippen molar-refractivity contribution in [1.82, 2.24) is 0 Å². The highest BCUT2D eigenvalue weighted by Crippen LogP contribution is 2.32. The smallest absolute Gasteiger partial charge is 0.311 e. The van der Waals surface area contributed by atoms with Crippen LogP contribution >= 0.6 is 23.2 Å². The molecular weight excluding hydrogens is 439 g/mol. The maximum absolute atomic E-state index is 12.6. The Hall–Kier alpha value is -3.09. The SMILES string of the molecule is O=C(COC(=O)[C@@H]1CC(=O)N(c2cccc3ccccc23)C1)Nc1ccc(Cl)c(Cl)c1. The largest absolute Gasteiger partial charge is 0.455 e. The second-order valence-corrected chi connectivity index (χ2v) is 8.00. The number of anilines is 2. The number of amides is 2. The molecule has 0 aliphatic carbocycles. The number of benzene rings is 3. The van der Waals surface area contributed by atoms with E-state index in [2.05, 4.69) is 5.32 Å². The Balaban J connectivity index is 1.37. The van der Waals surface area contributed by atoms with Gasteiger partial charge in [-0.15, -0.1) is 0 Å². The summed E-state index contributed by atoms with van der Waals surface area (Å²) in [5.74, 6) is -1.88. The van der Waals surface area contributed by atoms with Gasteiger partial charge in [0.2, 0.25) is 5.91 Å². The zero-order valence-corrected chi connectivity index (χ0v) is 17.8. The van der Waals surface area contributed by atoms with Gasteiger partial charge in [-0.05, 0) is 29.7 Å². The van der Waals surface area contributed by atoms with Gasteiger partial charge < -0.3 is 15.0 Å². The molecule has 31 heavy (non-hydrogen) atoms. The van der Waals surface area contributed by atoms with E-state index in [9.17, 15) is 14.4 Å². The fourth-order valence-electron chi connectivity index (χ4n) is 3.57. The maximum atomic E-state index is 12.6. The van der Waals surface area contributed by atoms with Crippen LogP contribution in [0.1, 0.15) is 6.42 Å². The molecule has 0 aromatic heterocycles. The summed E-state index contributed by atoms with van der Waals surface area (Å²) in [5.41, 5.74) is 1.20. The summed E-state index contributed by atoms with van der Waals surface area (Å²) in [5, 5.41) is 5.20. The molecule has 8 heteroatoms. The minimum Gasteiger partial charge on any atom is -0.455 e. The molecule has 0 unspecified atom stereocenters. The van der Waals surface area contributed by atoms with Gasteiger partial charge >= 0.3 is 5.97 Å². The van der Waals surface area contributed by atoms with Gasteiger partial charge in [-0.2, -0.15) is 0 Å². The monoisotopic (exact) mass is 456 g/mol. The highest BCUT2D eigenvalue weighted by molar-refractivity contribution is 6.42. The number of ether oxygens (including phenoxy) is 1. The van der Waals surface area contributed by atoms with Crippen molar-refractivity contribution in [1.29, 1.82) is 0 Å². The highest BCUT2D eigenvalue weighted by atomic mass is 35.5. The van der Waals surface area contributed by atoms with Gasteiger partial charge in [0.1, 0.15) is 0 Å². The van der Waals surface area contributed by atoms with E-state index in [0.717, 1.165) is 16.5 Å². The maximum Gasteiger partial charge on any atom is 0.311 e. The van der Waals surface area contributed by atoms with E-state index in [1.54, 1.807) is 17.0 Å². The van der Waals surface area contributed by atoms with E-state index in [1.807, 2.05) is 42.5 Å². The average molecular weight is 457 g/mol. The summed E-state index contributed by atoms with van der Waals surface area (Å²) >= 11 is 11.8. The van der Waals surface area contributed by atoms with Gasteiger partial charge in [-0.25, -0.2) is 0 Å². The Bertz CT molecular complexity index is 1180. The molecule has 6 nitrogen and oxygen atoms in total.